The first-order valence-corrected chi connectivity index (χ1v) is 5.22. The van der Waals surface area contributed by atoms with E-state index in [-0.39, 0.29) is 11.8 Å². The molecule has 2 amide bonds. The van der Waals surface area contributed by atoms with Gasteiger partial charge in [0.1, 0.15) is 6.04 Å². The second kappa shape index (κ2) is 7.23. The van der Waals surface area contributed by atoms with Crippen molar-refractivity contribution in [3.05, 3.63) is 0 Å². The second-order valence-corrected chi connectivity index (χ2v) is 3.96. The number of rotatable bonds is 6. The molecule has 0 radical (unpaired) electrons. The number of carbonyl (C=O) groups excluding carboxylic acids is 2. The Kier molecular flexibility index (Phi) is 6.70. The van der Waals surface area contributed by atoms with Crippen molar-refractivity contribution in [1.29, 1.82) is 0 Å². The summed E-state index contributed by atoms with van der Waals surface area (Å²) in [5.74, 6) is -0.00150. The highest BCUT2D eigenvalue weighted by Gasteiger charge is 2.19. The van der Waals surface area contributed by atoms with Crippen LogP contribution in [0.5, 0.6) is 0 Å². The Morgan fingerprint density at radius 2 is 1.93 bits per heavy atom. The lowest BCUT2D eigenvalue weighted by atomic mass is 10.0. The molecule has 0 saturated carbocycles. The topological polar surface area (TPSA) is 84.2 Å². The molecule has 0 heterocycles. The van der Waals surface area contributed by atoms with Gasteiger partial charge in [-0.25, -0.2) is 0 Å². The van der Waals surface area contributed by atoms with E-state index in [0.717, 1.165) is 0 Å². The molecule has 0 aliphatic rings. The van der Waals surface area contributed by atoms with E-state index in [4.69, 9.17) is 5.73 Å². The molecule has 1 atom stereocenters. The Bertz CT molecular complexity index is 217. The van der Waals surface area contributed by atoms with Gasteiger partial charge in [-0.2, -0.15) is 0 Å². The largest absolute Gasteiger partial charge is 0.353 e. The quantitative estimate of drug-likeness (QED) is 0.564. The number of hydrogen-bond donors (Lipinski definition) is 3. The van der Waals surface area contributed by atoms with Crippen LogP contribution < -0.4 is 16.4 Å². The van der Waals surface area contributed by atoms with Crippen LogP contribution in [0.15, 0.2) is 0 Å². The van der Waals surface area contributed by atoms with Gasteiger partial charge in [-0.05, 0) is 12.3 Å². The summed E-state index contributed by atoms with van der Waals surface area (Å²) in [7, 11) is 0. The van der Waals surface area contributed by atoms with Crippen LogP contribution in [0.2, 0.25) is 0 Å². The molecule has 0 bridgehead atoms. The molecule has 0 spiro atoms. The summed E-state index contributed by atoms with van der Waals surface area (Å²) in [6.45, 7) is 6.26. The average molecular weight is 215 g/mol. The van der Waals surface area contributed by atoms with E-state index in [9.17, 15) is 9.59 Å². The molecule has 0 aliphatic heterocycles. The third-order valence-corrected chi connectivity index (χ3v) is 1.84. The van der Waals surface area contributed by atoms with Gasteiger partial charge in [-0.15, -0.1) is 0 Å². The van der Waals surface area contributed by atoms with Crippen LogP contribution in [0.4, 0.5) is 0 Å². The van der Waals surface area contributed by atoms with Gasteiger partial charge >= 0.3 is 0 Å². The van der Waals surface area contributed by atoms with E-state index < -0.39 is 6.04 Å². The molecular weight excluding hydrogens is 194 g/mol. The lowest BCUT2D eigenvalue weighted by Gasteiger charge is -2.19. The number of carbonyl (C=O) groups is 2. The van der Waals surface area contributed by atoms with Gasteiger partial charge in [-0.3, -0.25) is 9.59 Å². The zero-order valence-corrected chi connectivity index (χ0v) is 9.67. The number of amides is 2. The summed E-state index contributed by atoms with van der Waals surface area (Å²) >= 11 is 0. The standard InChI is InChI=1S/C10H21N3O2/c1-7(2)6-9(13-8(3)14)10(15)12-5-4-11/h7,9H,4-6,11H2,1-3H3,(H,12,15)(H,13,14). The van der Waals surface area contributed by atoms with Gasteiger partial charge < -0.3 is 16.4 Å². The highest BCUT2D eigenvalue weighted by molar-refractivity contribution is 5.86. The molecule has 1 unspecified atom stereocenters. The van der Waals surface area contributed by atoms with Crippen LogP contribution >= 0.6 is 0 Å². The lowest BCUT2D eigenvalue weighted by Crippen LogP contribution is -2.47. The van der Waals surface area contributed by atoms with Crippen molar-refractivity contribution >= 4 is 11.8 Å². The minimum absolute atomic E-state index is 0.163. The van der Waals surface area contributed by atoms with E-state index in [1.54, 1.807) is 0 Å². The van der Waals surface area contributed by atoms with Crippen molar-refractivity contribution in [2.24, 2.45) is 11.7 Å². The first kappa shape index (κ1) is 13.9. The maximum absolute atomic E-state index is 11.6. The minimum atomic E-state index is -0.450. The van der Waals surface area contributed by atoms with Gasteiger partial charge in [0.2, 0.25) is 11.8 Å². The molecule has 0 rings (SSSR count). The van der Waals surface area contributed by atoms with Crippen LogP contribution in [0, 0.1) is 5.92 Å². The third-order valence-electron chi connectivity index (χ3n) is 1.84. The van der Waals surface area contributed by atoms with Crippen molar-refractivity contribution in [2.75, 3.05) is 13.1 Å². The SMILES string of the molecule is CC(=O)NC(CC(C)C)C(=O)NCCN. The summed E-state index contributed by atoms with van der Waals surface area (Å²) in [5.41, 5.74) is 5.28. The summed E-state index contributed by atoms with van der Waals surface area (Å²) in [6, 6.07) is -0.450. The van der Waals surface area contributed by atoms with Crippen molar-refractivity contribution in [2.45, 2.75) is 33.2 Å². The average Bonchev–Trinajstić information content (AvgIpc) is 2.11. The molecule has 0 aliphatic carbocycles. The minimum Gasteiger partial charge on any atom is -0.353 e. The molecule has 0 aromatic heterocycles. The molecule has 4 N–H and O–H groups in total. The maximum atomic E-state index is 11.6. The molecule has 15 heavy (non-hydrogen) atoms. The van der Waals surface area contributed by atoms with E-state index in [1.165, 1.54) is 6.92 Å². The van der Waals surface area contributed by atoms with Crippen LogP contribution in [0.3, 0.4) is 0 Å². The van der Waals surface area contributed by atoms with Crippen molar-refractivity contribution in [3.8, 4) is 0 Å². The van der Waals surface area contributed by atoms with E-state index >= 15 is 0 Å². The summed E-state index contributed by atoms with van der Waals surface area (Å²) in [4.78, 5) is 22.5. The third kappa shape index (κ3) is 6.90. The summed E-state index contributed by atoms with van der Waals surface area (Å²) in [6.07, 6.45) is 0.635. The monoisotopic (exact) mass is 215 g/mol. The first-order valence-electron chi connectivity index (χ1n) is 5.22. The number of nitrogens with two attached hydrogens (primary N) is 1. The highest BCUT2D eigenvalue weighted by atomic mass is 16.2. The number of nitrogens with one attached hydrogen (secondary N) is 2. The summed E-state index contributed by atoms with van der Waals surface area (Å²) < 4.78 is 0. The van der Waals surface area contributed by atoms with E-state index in [0.29, 0.717) is 25.4 Å². The zero-order valence-electron chi connectivity index (χ0n) is 9.67. The fourth-order valence-corrected chi connectivity index (χ4v) is 1.27. The molecule has 5 nitrogen and oxygen atoms in total. The van der Waals surface area contributed by atoms with Crippen LogP contribution in [-0.4, -0.2) is 30.9 Å². The molecule has 5 heteroatoms. The van der Waals surface area contributed by atoms with Gasteiger partial charge in [-0.1, -0.05) is 13.8 Å². The van der Waals surface area contributed by atoms with Crippen LogP contribution in [0.25, 0.3) is 0 Å². The van der Waals surface area contributed by atoms with Crippen molar-refractivity contribution < 1.29 is 9.59 Å². The van der Waals surface area contributed by atoms with Gasteiger partial charge in [0.15, 0.2) is 0 Å². The van der Waals surface area contributed by atoms with Crippen molar-refractivity contribution in [1.82, 2.24) is 10.6 Å². The Hall–Kier alpha value is -1.10. The van der Waals surface area contributed by atoms with Gasteiger partial charge in [0.05, 0.1) is 0 Å². The predicted octanol–water partition coefficient (Wildman–Crippen LogP) is -0.388. The zero-order chi connectivity index (χ0) is 11.8. The molecule has 0 fully saturated rings. The van der Waals surface area contributed by atoms with Gasteiger partial charge in [0.25, 0.3) is 0 Å². The van der Waals surface area contributed by atoms with Crippen molar-refractivity contribution in [3.63, 3.8) is 0 Å². The Morgan fingerprint density at radius 1 is 1.33 bits per heavy atom. The predicted molar refractivity (Wildman–Crippen MR) is 59.1 cm³/mol. The van der Waals surface area contributed by atoms with Crippen LogP contribution in [0.1, 0.15) is 27.2 Å². The Labute approximate surface area is 90.8 Å². The Balaban J connectivity index is 4.20. The summed E-state index contributed by atoms with van der Waals surface area (Å²) in [5, 5.41) is 5.29. The second-order valence-electron chi connectivity index (χ2n) is 3.96. The first-order chi connectivity index (χ1) is 6.97. The number of hydrogen-bond acceptors (Lipinski definition) is 3. The molecule has 0 saturated heterocycles. The normalized spacial score (nSPS) is 12.3. The van der Waals surface area contributed by atoms with Crippen LogP contribution in [-0.2, 0) is 9.59 Å². The fourth-order valence-electron chi connectivity index (χ4n) is 1.27. The highest BCUT2D eigenvalue weighted by Crippen LogP contribution is 2.04. The molecule has 0 aromatic rings. The van der Waals surface area contributed by atoms with E-state index in [1.807, 2.05) is 13.8 Å². The Morgan fingerprint density at radius 3 is 2.33 bits per heavy atom. The van der Waals surface area contributed by atoms with Gasteiger partial charge in [0, 0.05) is 20.0 Å². The molecule has 0 aromatic carbocycles. The molecular formula is C10H21N3O2. The molecule has 88 valence electrons. The smallest absolute Gasteiger partial charge is 0.242 e. The lowest BCUT2D eigenvalue weighted by molar-refractivity contribution is -0.128. The maximum Gasteiger partial charge on any atom is 0.242 e. The fraction of sp³-hybridized carbons (Fsp3) is 0.800. The van der Waals surface area contributed by atoms with E-state index in [2.05, 4.69) is 10.6 Å².